The van der Waals surface area contributed by atoms with Crippen LogP contribution in [0.5, 0.6) is 5.75 Å². The number of hydrogen-bond acceptors (Lipinski definition) is 9. The highest BCUT2D eigenvalue weighted by Crippen LogP contribution is 2.38. The van der Waals surface area contributed by atoms with Gasteiger partial charge in [-0.05, 0) is 43.8 Å². The number of likely N-dealkylation sites (N-methyl/N-ethyl adjacent to an activating group) is 1. The van der Waals surface area contributed by atoms with Crippen molar-refractivity contribution in [2.24, 2.45) is 0 Å². The number of para-hydroxylation sites is 1. The van der Waals surface area contributed by atoms with Gasteiger partial charge >= 0.3 is 0 Å². The second kappa shape index (κ2) is 10.3. The average molecular weight is 534 g/mol. The number of aliphatic hydroxyl groups is 1. The maximum Gasteiger partial charge on any atom is 0.229 e. The number of aryl methyl sites for hydroxylation is 1. The first kappa shape index (κ1) is 24.8. The van der Waals surface area contributed by atoms with E-state index in [4.69, 9.17) is 21.3 Å². The summed E-state index contributed by atoms with van der Waals surface area (Å²) in [5.74, 6) is 1.97. The molecule has 0 amide bonds. The Morgan fingerprint density at radius 2 is 1.92 bits per heavy atom. The van der Waals surface area contributed by atoms with Crippen LogP contribution in [-0.2, 0) is 6.54 Å². The Morgan fingerprint density at radius 3 is 2.74 bits per heavy atom. The monoisotopic (exact) mass is 533 g/mol. The third kappa shape index (κ3) is 4.73. The van der Waals surface area contributed by atoms with Crippen LogP contribution in [0.3, 0.4) is 0 Å². The minimum Gasteiger partial charge on any atom is -0.487 e. The number of fused-ring (bicyclic) bond motifs is 3. The van der Waals surface area contributed by atoms with Gasteiger partial charge in [0.15, 0.2) is 0 Å². The number of benzene rings is 2. The van der Waals surface area contributed by atoms with Crippen molar-refractivity contribution in [1.29, 1.82) is 0 Å². The van der Waals surface area contributed by atoms with Gasteiger partial charge in [-0.2, -0.15) is 4.98 Å². The molecular formula is C28H32ClN7O2. The fourth-order valence-electron chi connectivity index (χ4n) is 5.26. The molecule has 38 heavy (non-hydrogen) atoms. The molecule has 6 rings (SSSR count). The molecule has 4 bridgehead atoms. The van der Waals surface area contributed by atoms with Gasteiger partial charge in [0.25, 0.3) is 0 Å². The molecule has 4 heterocycles. The Kier molecular flexibility index (Phi) is 6.73. The van der Waals surface area contributed by atoms with Crippen LogP contribution in [-0.4, -0.2) is 72.7 Å². The summed E-state index contributed by atoms with van der Waals surface area (Å²) in [6.45, 7) is 7.24. The number of nitrogens with one attached hydrogen (secondary N) is 1. The lowest BCUT2D eigenvalue weighted by Gasteiger charge is -2.43. The Bertz CT molecular complexity index is 1340. The van der Waals surface area contributed by atoms with E-state index < -0.39 is 6.35 Å². The number of aliphatic hydroxyl groups excluding tert-OH is 1. The van der Waals surface area contributed by atoms with Crippen molar-refractivity contribution in [3.05, 3.63) is 70.9 Å². The quantitative estimate of drug-likeness (QED) is 0.475. The number of rotatable bonds is 2. The van der Waals surface area contributed by atoms with E-state index in [9.17, 15) is 5.11 Å². The van der Waals surface area contributed by atoms with Crippen molar-refractivity contribution in [2.45, 2.75) is 19.8 Å². The van der Waals surface area contributed by atoms with Crippen molar-refractivity contribution in [3.8, 4) is 5.75 Å². The molecule has 3 aliphatic heterocycles. The van der Waals surface area contributed by atoms with Crippen LogP contribution < -0.4 is 24.8 Å². The third-order valence-electron chi connectivity index (χ3n) is 7.35. The van der Waals surface area contributed by atoms with E-state index >= 15 is 0 Å². The molecule has 198 valence electrons. The first-order valence-corrected chi connectivity index (χ1v) is 13.3. The molecule has 2 aromatic carbocycles. The van der Waals surface area contributed by atoms with E-state index in [-0.39, 0.29) is 0 Å². The predicted octanol–water partition coefficient (Wildman–Crippen LogP) is 3.98. The summed E-state index contributed by atoms with van der Waals surface area (Å²) in [6.07, 6.45) is 4.86. The second-order valence-corrected chi connectivity index (χ2v) is 10.4. The van der Waals surface area contributed by atoms with Gasteiger partial charge in [0, 0.05) is 56.2 Å². The fraction of sp³-hybridized carbons (Fsp3) is 0.357. The van der Waals surface area contributed by atoms with Crippen molar-refractivity contribution >= 4 is 40.4 Å². The van der Waals surface area contributed by atoms with Crippen molar-refractivity contribution in [2.75, 3.05) is 66.4 Å². The lowest BCUT2D eigenvalue weighted by molar-refractivity contribution is 0.157. The standard InChI is InChI=1S/C28H32ClN7O2/c1-19-6-5-7-22(29)25(19)36-18-20-17-30-27-31-21-8-9-23(34-13-11-33(2)12-14-34)24(16-21)38-15-4-3-10-35(28(36)37)26(20)32-27/h3-9,16-17,28,37H,10-15,18H2,1-2H3,(H,30,31,32)/b4-3+. The normalized spacial score (nSPS) is 20.5. The van der Waals surface area contributed by atoms with Crippen LogP contribution in [0.25, 0.3) is 0 Å². The topological polar surface area (TPSA) is 80.2 Å². The highest BCUT2D eigenvalue weighted by Gasteiger charge is 2.34. The lowest BCUT2D eigenvalue weighted by atomic mass is 10.1. The largest absolute Gasteiger partial charge is 0.487 e. The molecule has 1 unspecified atom stereocenters. The Balaban J connectivity index is 1.34. The van der Waals surface area contributed by atoms with Crippen LogP contribution in [0.1, 0.15) is 11.1 Å². The molecule has 2 N–H and O–H groups in total. The highest BCUT2D eigenvalue weighted by molar-refractivity contribution is 6.33. The van der Waals surface area contributed by atoms with Crippen LogP contribution in [0.15, 0.2) is 54.7 Å². The summed E-state index contributed by atoms with van der Waals surface area (Å²) < 4.78 is 6.25. The van der Waals surface area contributed by atoms with Crippen LogP contribution >= 0.6 is 11.6 Å². The molecule has 0 aliphatic carbocycles. The van der Waals surface area contributed by atoms with Gasteiger partial charge in [0.1, 0.15) is 18.2 Å². The van der Waals surface area contributed by atoms with Gasteiger partial charge in [0.05, 0.1) is 22.9 Å². The first-order valence-electron chi connectivity index (χ1n) is 12.9. The van der Waals surface area contributed by atoms with E-state index in [1.165, 1.54) is 0 Å². The first-order chi connectivity index (χ1) is 18.5. The molecule has 1 aromatic heterocycles. The second-order valence-electron chi connectivity index (χ2n) is 9.95. The zero-order chi connectivity index (χ0) is 26.2. The molecule has 3 aromatic rings. The Labute approximate surface area is 227 Å². The number of piperazine rings is 1. The van der Waals surface area contributed by atoms with E-state index in [1.54, 1.807) is 0 Å². The summed E-state index contributed by atoms with van der Waals surface area (Å²) >= 11 is 6.58. The van der Waals surface area contributed by atoms with Gasteiger partial charge in [-0.15, -0.1) is 0 Å². The van der Waals surface area contributed by atoms with Gasteiger partial charge in [-0.25, -0.2) is 4.98 Å². The maximum atomic E-state index is 11.5. The molecule has 9 nitrogen and oxygen atoms in total. The molecule has 3 aliphatic rings. The molecule has 1 fully saturated rings. The summed E-state index contributed by atoms with van der Waals surface area (Å²) in [5, 5.41) is 15.5. The SMILES string of the molecule is Cc1cccc(Cl)c1N1Cc2cnc3nc2N(C/C=C/COc2cc(ccc2N2CCN(C)CC2)N3)C1O. The van der Waals surface area contributed by atoms with E-state index in [0.29, 0.717) is 36.5 Å². The number of ether oxygens (including phenoxy) is 1. The summed E-state index contributed by atoms with van der Waals surface area (Å²) in [7, 11) is 2.15. The molecule has 0 spiro atoms. The molecular weight excluding hydrogens is 502 g/mol. The van der Waals surface area contributed by atoms with E-state index in [0.717, 1.165) is 60.1 Å². The van der Waals surface area contributed by atoms with Crippen molar-refractivity contribution in [1.82, 2.24) is 14.9 Å². The number of nitrogens with zero attached hydrogens (tertiary/aromatic N) is 6. The molecule has 0 radical (unpaired) electrons. The minimum absolute atomic E-state index is 0.414. The van der Waals surface area contributed by atoms with Gasteiger partial charge in [-0.1, -0.05) is 29.8 Å². The molecule has 0 saturated carbocycles. The molecule has 1 saturated heterocycles. The number of hydrogen-bond donors (Lipinski definition) is 2. The number of halogens is 1. The van der Waals surface area contributed by atoms with Gasteiger partial charge < -0.3 is 34.8 Å². The zero-order valence-corrected chi connectivity index (χ0v) is 22.4. The van der Waals surface area contributed by atoms with Gasteiger partial charge in [0.2, 0.25) is 12.3 Å². The fourth-order valence-corrected chi connectivity index (χ4v) is 5.59. The molecule has 10 heteroatoms. The van der Waals surface area contributed by atoms with Gasteiger partial charge in [-0.3, -0.25) is 0 Å². The zero-order valence-electron chi connectivity index (χ0n) is 21.6. The minimum atomic E-state index is -0.954. The van der Waals surface area contributed by atoms with Crippen LogP contribution in [0, 0.1) is 6.92 Å². The van der Waals surface area contributed by atoms with Crippen molar-refractivity contribution in [3.63, 3.8) is 0 Å². The van der Waals surface area contributed by atoms with E-state index in [1.807, 2.05) is 65.4 Å². The Morgan fingerprint density at radius 1 is 1.08 bits per heavy atom. The summed E-state index contributed by atoms with van der Waals surface area (Å²) in [6, 6.07) is 11.9. The number of anilines is 5. The lowest BCUT2D eigenvalue weighted by Crippen LogP contribution is -2.53. The summed E-state index contributed by atoms with van der Waals surface area (Å²) in [5.41, 5.74) is 4.63. The van der Waals surface area contributed by atoms with Crippen molar-refractivity contribution < 1.29 is 9.84 Å². The summed E-state index contributed by atoms with van der Waals surface area (Å²) in [4.78, 5) is 17.9. The number of aromatic nitrogens is 2. The third-order valence-corrected chi connectivity index (χ3v) is 7.66. The highest BCUT2D eigenvalue weighted by atomic mass is 35.5. The maximum absolute atomic E-state index is 11.5. The molecule has 1 atom stereocenters. The van der Waals surface area contributed by atoms with Crippen LogP contribution in [0.2, 0.25) is 5.02 Å². The smallest absolute Gasteiger partial charge is 0.229 e. The van der Waals surface area contributed by atoms with E-state index in [2.05, 4.69) is 33.2 Å². The predicted molar refractivity (Wildman–Crippen MR) is 152 cm³/mol. The Hall–Kier alpha value is -3.53. The average Bonchev–Trinajstić information content (AvgIpc) is 2.91. The van der Waals surface area contributed by atoms with Crippen LogP contribution in [0.4, 0.5) is 28.8 Å².